The molecule has 0 amide bonds. The Kier molecular flexibility index (Phi) is 15.2. The average Bonchev–Trinajstić information content (AvgIpc) is 2.46. The molecule has 0 aliphatic heterocycles. The Balaban J connectivity index is 0. The van der Waals surface area contributed by atoms with Crippen LogP contribution in [0.2, 0.25) is 0 Å². The van der Waals surface area contributed by atoms with Gasteiger partial charge < -0.3 is 33.6 Å². The van der Waals surface area contributed by atoms with Crippen LogP contribution in [0.3, 0.4) is 0 Å². The third kappa shape index (κ3) is 24.8. The molecule has 0 fully saturated rings. The van der Waals surface area contributed by atoms with E-state index in [-0.39, 0.29) is 13.2 Å². The number of ether oxygens (including phenoxy) is 4. The molecule has 0 aliphatic carbocycles. The molecule has 0 saturated heterocycles. The average molecular weight is 384 g/mol. The third-order valence-electron chi connectivity index (χ3n) is 1.99. The van der Waals surface area contributed by atoms with Gasteiger partial charge in [0.05, 0.1) is 26.4 Å². The van der Waals surface area contributed by atoms with Gasteiger partial charge in [-0.3, -0.25) is 0 Å². The van der Waals surface area contributed by atoms with Crippen molar-refractivity contribution in [2.45, 2.75) is 13.8 Å². The number of esters is 2. The van der Waals surface area contributed by atoms with Crippen LogP contribution in [0.25, 0.3) is 0 Å². The van der Waals surface area contributed by atoms with Gasteiger partial charge in [-0.1, -0.05) is 13.2 Å². The fraction of sp³-hybridized carbons (Fsp3) is 0.571. The number of hydrogen-bond acceptors (Lipinski definition) is 7. The third-order valence-corrected chi connectivity index (χ3v) is 1.99. The Bertz CT molecular complexity index is 440. The first-order valence-corrected chi connectivity index (χ1v) is 8.60. The summed E-state index contributed by atoms with van der Waals surface area (Å²) in [6.45, 7) is 11.8. The van der Waals surface area contributed by atoms with Gasteiger partial charge in [-0.05, 0) is 13.8 Å². The molecule has 25 heavy (non-hydrogen) atoms. The van der Waals surface area contributed by atoms with Crippen molar-refractivity contribution in [1.29, 1.82) is 0 Å². The highest BCUT2D eigenvalue weighted by Crippen LogP contribution is 2.25. The first kappa shape index (κ1) is 25.7. The lowest BCUT2D eigenvalue weighted by atomic mass is 10.4. The lowest BCUT2D eigenvalue weighted by molar-refractivity contribution is -0.142. The van der Waals surface area contributed by atoms with E-state index in [4.69, 9.17) is 38.2 Å². The van der Waals surface area contributed by atoms with Crippen LogP contribution in [0.1, 0.15) is 13.8 Å². The number of carbonyl (C=O) groups is 2. The van der Waals surface area contributed by atoms with E-state index in [9.17, 15) is 9.59 Å². The first-order valence-electron chi connectivity index (χ1n) is 7.04. The van der Waals surface area contributed by atoms with Crippen molar-refractivity contribution in [2.75, 3.05) is 39.6 Å². The topological polar surface area (TPSA) is 149 Å². The fourth-order valence-corrected chi connectivity index (χ4v) is 0.955. The van der Waals surface area contributed by atoms with Gasteiger partial charge in [0.2, 0.25) is 0 Å². The van der Waals surface area contributed by atoms with E-state index in [1.165, 1.54) is 0 Å². The second kappa shape index (κ2) is 14.8. The SMILES string of the molecule is C=C(C)C(=O)OCCOCCOCCOC(=O)C(=C)C.O=P(O)(O)O. The summed E-state index contributed by atoms with van der Waals surface area (Å²) in [6.07, 6.45) is 0. The molecule has 0 bridgehead atoms. The van der Waals surface area contributed by atoms with Crippen LogP contribution in [0.4, 0.5) is 0 Å². The van der Waals surface area contributed by atoms with Gasteiger partial charge in [-0.25, -0.2) is 14.2 Å². The molecule has 0 heterocycles. The molecule has 11 heteroatoms. The van der Waals surface area contributed by atoms with E-state index < -0.39 is 19.8 Å². The standard InChI is InChI=1S/C14H22O6.H3O4P/c1-11(2)13(15)19-9-7-17-5-6-18-8-10-20-14(16)12(3)4;1-5(2,3)4/h1,3,5-10H2,2,4H3;(H3,1,2,3,4). The summed E-state index contributed by atoms with van der Waals surface area (Å²) in [6, 6.07) is 0. The van der Waals surface area contributed by atoms with E-state index in [0.717, 1.165) is 0 Å². The zero-order chi connectivity index (χ0) is 19.9. The van der Waals surface area contributed by atoms with Crippen molar-refractivity contribution in [3.05, 3.63) is 24.3 Å². The molecule has 0 rings (SSSR count). The molecule has 0 aromatic heterocycles. The normalized spacial score (nSPS) is 10.3. The molecule has 0 unspecified atom stereocenters. The molecule has 146 valence electrons. The lowest BCUT2D eigenvalue weighted by Crippen LogP contribution is -2.15. The molecule has 0 radical (unpaired) electrons. The largest absolute Gasteiger partial charge is 0.466 e. The summed E-state index contributed by atoms with van der Waals surface area (Å²) in [4.78, 5) is 43.6. The second-order valence-corrected chi connectivity index (χ2v) is 5.60. The molecule has 0 saturated carbocycles. The molecule has 3 N–H and O–H groups in total. The van der Waals surface area contributed by atoms with Crippen molar-refractivity contribution in [3.63, 3.8) is 0 Å². The zero-order valence-electron chi connectivity index (χ0n) is 14.3. The van der Waals surface area contributed by atoms with Crippen molar-refractivity contribution < 1.29 is 47.8 Å². The van der Waals surface area contributed by atoms with Crippen LogP contribution < -0.4 is 0 Å². The van der Waals surface area contributed by atoms with Gasteiger partial charge in [-0.2, -0.15) is 0 Å². The highest BCUT2D eigenvalue weighted by Gasteiger charge is 2.03. The van der Waals surface area contributed by atoms with Gasteiger partial charge in [0.25, 0.3) is 0 Å². The Morgan fingerprint density at radius 2 is 1.00 bits per heavy atom. The van der Waals surface area contributed by atoms with Crippen LogP contribution in [-0.4, -0.2) is 66.3 Å². The second-order valence-electron chi connectivity index (χ2n) is 4.57. The molecular weight excluding hydrogens is 359 g/mol. The minimum absolute atomic E-state index is 0.182. The zero-order valence-corrected chi connectivity index (χ0v) is 15.2. The predicted molar refractivity (Wildman–Crippen MR) is 87.4 cm³/mol. The summed E-state index contributed by atoms with van der Waals surface area (Å²) in [5, 5.41) is 0. The van der Waals surface area contributed by atoms with Crippen molar-refractivity contribution in [3.8, 4) is 0 Å². The summed E-state index contributed by atoms with van der Waals surface area (Å²) < 4.78 is 28.9. The highest BCUT2D eigenvalue weighted by molar-refractivity contribution is 7.45. The Morgan fingerprint density at radius 1 is 0.760 bits per heavy atom. The summed E-state index contributed by atoms with van der Waals surface area (Å²) >= 11 is 0. The van der Waals surface area contributed by atoms with Gasteiger partial charge in [0, 0.05) is 11.1 Å². The molecule has 0 aromatic carbocycles. The maximum Gasteiger partial charge on any atom is 0.466 e. The minimum Gasteiger partial charge on any atom is -0.460 e. The molecule has 10 nitrogen and oxygen atoms in total. The number of rotatable bonds is 11. The number of carbonyl (C=O) groups excluding carboxylic acids is 2. The Hall–Kier alpha value is -1.55. The minimum atomic E-state index is -4.64. The van der Waals surface area contributed by atoms with Crippen LogP contribution in [0, 0.1) is 0 Å². The molecule has 0 aliphatic rings. The number of hydrogen-bond donors (Lipinski definition) is 3. The highest BCUT2D eigenvalue weighted by atomic mass is 31.2. The quantitative estimate of drug-likeness (QED) is 0.197. The summed E-state index contributed by atoms with van der Waals surface area (Å²) in [5.74, 6) is -0.853. The molecule has 0 aromatic rings. The van der Waals surface area contributed by atoms with Gasteiger partial charge in [0.1, 0.15) is 13.2 Å². The number of phosphoric acid groups is 1. The maximum absolute atomic E-state index is 11.0. The van der Waals surface area contributed by atoms with Crippen LogP contribution in [0.15, 0.2) is 24.3 Å². The monoisotopic (exact) mass is 384 g/mol. The van der Waals surface area contributed by atoms with Crippen molar-refractivity contribution >= 4 is 19.8 Å². The lowest BCUT2D eigenvalue weighted by Gasteiger charge is -2.07. The molecule has 0 atom stereocenters. The fourth-order valence-electron chi connectivity index (χ4n) is 0.955. The van der Waals surface area contributed by atoms with E-state index in [2.05, 4.69) is 13.2 Å². The van der Waals surface area contributed by atoms with Gasteiger partial charge in [-0.15, -0.1) is 0 Å². The molecular formula is C14H25O10P. The van der Waals surface area contributed by atoms with Crippen LogP contribution >= 0.6 is 7.82 Å². The van der Waals surface area contributed by atoms with Crippen LogP contribution in [0.5, 0.6) is 0 Å². The maximum atomic E-state index is 11.0. The summed E-state index contributed by atoms with van der Waals surface area (Å²) in [7, 11) is -4.64. The molecule has 0 spiro atoms. The van der Waals surface area contributed by atoms with E-state index >= 15 is 0 Å². The Morgan fingerprint density at radius 3 is 1.24 bits per heavy atom. The smallest absolute Gasteiger partial charge is 0.460 e. The summed E-state index contributed by atoms with van der Waals surface area (Å²) in [5.41, 5.74) is 0.718. The van der Waals surface area contributed by atoms with E-state index in [1.807, 2.05) is 0 Å². The Labute approximate surface area is 146 Å². The van der Waals surface area contributed by atoms with Crippen molar-refractivity contribution in [2.24, 2.45) is 0 Å². The van der Waals surface area contributed by atoms with Gasteiger partial charge >= 0.3 is 19.8 Å². The van der Waals surface area contributed by atoms with Crippen LogP contribution in [-0.2, 0) is 33.1 Å². The van der Waals surface area contributed by atoms with E-state index in [1.54, 1.807) is 13.8 Å². The van der Waals surface area contributed by atoms with Crippen molar-refractivity contribution in [1.82, 2.24) is 0 Å². The first-order chi connectivity index (χ1) is 11.4. The van der Waals surface area contributed by atoms with E-state index in [0.29, 0.717) is 37.6 Å². The van der Waals surface area contributed by atoms with Gasteiger partial charge in [0.15, 0.2) is 0 Å². The predicted octanol–water partition coefficient (Wildman–Crippen LogP) is 0.330.